The molecule has 92 valence electrons. The smallest absolute Gasteiger partial charge is 0.337 e. The largest absolute Gasteiger partial charge is 0.493 e. The lowest BCUT2D eigenvalue weighted by molar-refractivity contribution is 0.0600. The highest BCUT2D eigenvalue weighted by Crippen LogP contribution is 2.28. The van der Waals surface area contributed by atoms with Gasteiger partial charge >= 0.3 is 5.97 Å². The molecule has 1 aromatic carbocycles. The second-order valence-corrected chi connectivity index (χ2v) is 3.70. The maximum atomic E-state index is 11.3. The van der Waals surface area contributed by atoms with E-state index in [1.165, 1.54) is 20.3 Å². The van der Waals surface area contributed by atoms with Crippen LogP contribution in [-0.4, -0.2) is 26.8 Å². The van der Waals surface area contributed by atoms with E-state index in [-0.39, 0.29) is 6.61 Å². The van der Waals surface area contributed by atoms with E-state index in [9.17, 15) is 4.79 Å². The van der Waals surface area contributed by atoms with Crippen molar-refractivity contribution in [3.8, 4) is 11.5 Å². The first kappa shape index (κ1) is 13.4. The van der Waals surface area contributed by atoms with E-state index in [2.05, 4.69) is 11.3 Å². The molecule has 5 heteroatoms. The average molecular weight is 257 g/mol. The van der Waals surface area contributed by atoms with Crippen molar-refractivity contribution in [1.29, 1.82) is 0 Å². The average Bonchev–Trinajstić information content (AvgIpc) is 2.34. The third-order valence-electron chi connectivity index (χ3n) is 1.97. The van der Waals surface area contributed by atoms with Crippen molar-refractivity contribution in [2.24, 2.45) is 0 Å². The van der Waals surface area contributed by atoms with Crippen molar-refractivity contribution in [2.75, 3.05) is 20.8 Å². The SMILES string of the molecule is C=C(Cl)COc1ccc(C(=O)OC)cc1OC. The highest BCUT2D eigenvalue weighted by atomic mass is 35.5. The zero-order valence-corrected chi connectivity index (χ0v) is 10.4. The fourth-order valence-corrected chi connectivity index (χ4v) is 1.24. The van der Waals surface area contributed by atoms with Crippen LogP contribution in [0.5, 0.6) is 11.5 Å². The van der Waals surface area contributed by atoms with Crippen LogP contribution in [-0.2, 0) is 4.74 Å². The first-order valence-electron chi connectivity index (χ1n) is 4.81. The van der Waals surface area contributed by atoms with Gasteiger partial charge in [0.1, 0.15) is 6.61 Å². The number of halogens is 1. The van der Waals surface area contributed by atoms with Crippen LogP contribution in [0.25, 0.3) is 0 Å². The number of carbonyl (C=O) groups is 1. The van der Waals surface area contributed by atoms with E-state index in [0.717, 1.165) is 0 Å². The Kier molecular flexibility index (Phi) is 4.84. The number of benzene rings is 1. The van der Waals surface area contributed by atoms with Crippen LogP contribution in [0.4, 0.5) is 0 Å². The Hall–Kier alpha value is -1.68. The maximum Gasteiger partial charge on any atom is 0.337 e. The number of rotatable bonds is 5. The molecule has 0 amide bonds. The number of ether oxygens (including phenoxy) is 3. The Labute approximate surface area is 105 Å². The summed E-state index contributed by atoms with van der Waals surface area (Å²) in [6.07, 6.45) is 0. The number of hydrogen-bond donors (Lipinski definition) is 0. The van der Waals surface area contributed by atoms with Gasteiger partial charge in [-0.15, -0.1) is 0 Å². The minimum Gasteiger partial charge on any atom is -0.493 e. The number of hydrogen-bond acceptors (Lipinski definition) is 4. The third kappa shape index (κ3) is 3.67. The molecule has 4 nitrogen and oxygen atoms in total. The first-order valence-corrected chi connectivity index (χ1v) is 5.18. The van der Waals surface area contributed by atoms with Crippen molar-refractivity contribution in [3.05, 3.63) is 35.4 Å². The Bertz CT molecular complexity index is 429. The third-order valence-corrected chi connectivity index (χ3v) is 2.08. The molecule has 1 aromatic rings. The van der Waals surface area contributed by atoms with E-state index in [1.54, 1.807) is 12.1 Å². The Balaban J connectivity index is 2.93. The topological polar surface area (TPSA) is 44.8 Å². The molecule has 0 unspecified atom stereocenters. The van der Waals surface area contributed by atoms with E-state index >= 15 is 0 Å². The molecule has 0 saturated heterocycles. The highest BCUT2D eigenvalue weighted by molar-refractivity contribution is 6.29. The summed E-state index contributed by atoms with van der Waals surface area (Å²) in [5.74, 6) is 0.490. The summed E-state index contributed by atoms with van der Waals surface area (Å²) in [7, 11) is 2.80. The molecule has 0 atom stereocenters. The Morgan fingerprint density at radius 1 is 1.35 bits per heavy atom. The molecule has 0 saturated carbocycles. The van der Waals surface area contributed by atoms with Crippen molar-refractivity contribution in [1.82, 2.24) is 0 Å². The van der Waals surface area contributed by atoms with Crippen LogP contribution < -0.4 is 9.47 Å². The van der Waals surface area contributed by atoms with E-state index < -0.39 is 5.97 Å². The van der Waals surface area contributed by atoms with Gasteiger partial charge in [0.15, 0.2) is 11.5 Å². The molecule has 0 fully saturated rings. The summed E-state index contributed by atoms with van der Waals surface area (Å²) in [5.41, 5.74) is 0.390. The minimum absolute atomic E-state index is 0.176. The van der Waals surface area contributed by atoms with Crippen LogP contribution in [0.3, 0.4) is 0 Å². The predicted molar refractivity (Wildman–Crippen MR) is 64.8 cm³/mol. The van der Waals surface area contributed by atoms with Crippen LogP contribution in [0.1, 0.15) is 10.4 Å². The predicted octanol–water partition coefficient (Wildman–Crippen LogP) is 2.61. The standard InChI is InChI=1S/C12H13ClO4/c1-8(13)7-17-10-5-4-9(12(14)16-3)6-11(10)15-2/h4-6H,1,7H2,2-3H3. The Morgan fingerprint density at radius 2 is 2.06 bits per heavy atom. The van der Waals surface area contributed by atoms with E-state index in [1.807, 2.05) is 0 Å². The molecule has 0 spiro atoms. The molecule has 17 heavy (non-hydrogen) atoms. The van der Waals surface area contributed by atoms with Crippen molar-refractivity contribution >= 4 is 17.6 Å². The summed E-state index contributed by atoms with van der Waals surface area (Å²) < 4.78 is 15.1. The minimum atomic E-state index is -0.434. The quantitative estimate of drug-likeness (QED) is 0.760. The lowest BCUT2D eigenvalue weighted by Gasteiger charge is -2.11. The van der Waals surface area contributed by atoms with Gasteiger partial charge in [0, 0.05) is 5.03 Å². The van der Waals surface area contributed by atoms with Crippen molar-refractivity contribution in [2.45, 2.75) is 0 Å². The molecule has 1 rings (SSSR count). The molecule has 0 N–H and O–H groups in total. The van der Waals surface area contributed by atoms with Gasteiger partial charge in [-0.1, -0.05) is 18.2 Å². The molecule has 0 bridgehead atoms. The van der Waals surface area contributed by atoms with Gasteiger partial charge in [-0.2, -0.15) is 0 Å². The summed E-state index contributed by atoms with van der Waals surface area (Å²) in [5, 5.41) is 0.379. The normalized spacial score (nSPS) is 9.59. The van der Waals surface area contributed by atoms with E-state index in [4.69, 9.17) is 21.1 Å². The van der Waals surface area contributed by atoms with Gasteiger partial charge in [-0.3, -0.25) is 0 Å². The fourth-order valence-electron chi connectivity index (χ4n) is 1.19. The molecule has 0 aliphatic rings. The monoisotopic (exact) mass is 256 g/mol. The molecule has 0 radical (unpaired) electrons. The molecule has 0 aliphatic carbocycles. The van der Waals surface area contributed by atoms with Gasteiger partial charge in [0.2, 0.25) is 0 Å². The lowest BCUT2D eigenvalue weighted by atomic mass is 10.2. The van der Waals surface area contributed by atoms with Crippen LogP contribution in [0, 0.1) is 0 Å². The van der Waals surface area contributed by atoms with Gasteiger partial charge < -0.3 is 14.2 Å². The second kappa shape index (κ2) is 6.15. The molecule has 0 aromatic heterocycles. The number of esters is 1. The van der Waals surface area contributed by atoms with Crippen LogP contribution >= 0.6 is 11.6 Å². The van der Waals surface area contributed by atoms with E-state index in [0.29, 0.717) is 22.1 Å². The van der Waals surface area contributed by atoms with Crippen LogP contribution in [0.15, 0.2) is 29.8 Å². The lowest BCUT2D eigenvalue weighted by Crippen LogP contribution is -2.03. The first-order chi connectivity index (χ1) is 8.08. The summed E-state index contributed by atoms with van der Waals surface area (Å²) >= 11 is 5.59. The Morgan fingerprint density at radius 3 is 2.59 bits per heavy atom. The summed E-state index contributed by atoms with van der Waals surface area (Å²) in [6.45, 7) is 3.69. The zero-order valence-electron chi connectivity index (χ0n) is 9.66. The van der Waals surface area contributed by atoms with Crippen molar-refractivity contribution in [3.63, 3.8) is 0 Å². The van der Waals surface area contributed by atoms with Gasteiger partial charge in [-0.05, 0) is 18.2 Å². The van der Waals surface area contributed by atoms with Gasteiger partial charge in [-0.25, -0.2) is 4.79 Å². The summed E-state index contributed by atoms with van der Waals surface area (Å²) in [6, 6.07) is 4.74. The fraction of sp³-hybridized carbons (Fsp3) is 0.250. The molecular weight excluding hydrogens is 244 g/mol. The summed E-state index contributed by atoms with van der Waals surface area (Å²) in [4.78, 5) is 11.3. The van der Waals surface area contributed by atoms with Gasteiger partial charge in [0.25, 0.3) is 0 Å². The molecule has 0 aliphatic heterocycles. The van der Waals surface area contributed by atoms with Crippen molar-refractivity contribution < 1.29 is 19.0 Å². The zero-order chi connectivity index (χ0) is 12.8. The number of carbonyl (C=O) groups excluding carboxylic acids is 1. The highest BCUT2D eigenvalue weighted by Gasteiger charge is 2.11. The van der Waals surface area contributed by atoms with Crippen LogP contribution in [0.2, 0.25) is 0 Å². The molecular formula is C12H13ClO4. The van der Waals surface area contributed by atoms with Gasteiger partial charge in [0.05, 0.1) is 19.8 Å². The maximum absolute atomic E-state index is 11.3. The molecule has 0 heterocycles. The number of methoxy groups -OCH3 is 2. The second-order valence-electron chi connectivity index (χ2n) is 3.16.